The number of carbonyl (C=O) groups excluding carboxylic acids is 2. The average molecular weight is 525 g/mol. The van der Waals surface area contributed by atoms with Gasteiger partial charge in [0.05, 0.1) is 18.7 Å². The molecule has 0 radical (unpaired) electrons. The lowest BCUT2D eigenvalue weighted by atomic mass is 10.1. The van der Waals surface area contributed by atoms with Crippen molar-refractivity contribution < 1.29 is 28.6 Å². The molecule has 4 rings (SSSR count). The average Bonchev–Trinajstić information content (AvgIpc) is 3.34. The maximum absolute atomic E-state index is 13.2. The second-order valence-corrected chi connectivity index (χ2v) is 8.86. The number of carbonyl (C=O) groups is 2. The number of hydrogen-bond acceptors (Lipinski definition) is 7. The molecule has 2 heterocycles. The number of rotatable bonds is 8. The summed E-state index contributed by atoms with van der Waals surface area (Å²) in [6, 6.07) is 14.0. The molecule has 10 nitrogen and oxygen atoms in total. The van der Waals surface area contributed by atoms with Crippen molar-refractivity contribution in [3.05, 3.63) is 93.4 Å². The van der Waals surface area contributed by atoms with Crippen LogP contribution in [-0.4, -0.2) is 50.8 Å². The molecule has 0 unspecified atom stereocenters. The molecule has 1 aliphatic rings. The maximum Gasteiger partial charge on any atom is 0.410 e. The van der Waals surface area contributed by atoms with E-state index in [0.29, 0.717) is 18.6 Å². The van der Waals surface area contributed by atoms with Gasteiger partial charge in [-0.15, -0.1) is 0 Å². The highest BCUT2D eigenvalue weighted by Gasteiger charge is 2.40. The molecule has 2 amide bonds. The molecule has 2 N–H and O–H groups in total. The fraction of sp³-hybridized carbons (Fsp3) is 0.333. The van der Waals surface area contributed by atoms with Crippen LogP contribution in [0.4, 0.5) is 9.18 Å². The first-order valence-electron chi connectivity index (χ1n) is 12.2. The number of aromatic nitrogens is 2. The van der Waals surface area contributed by atoms with E-state index in [2.05, 4.69) is 10.3 Å². The first kappa shape index (κ1) is 26.8. The molecule has 0 spiro atoms. The Hall–Kier alpha value is -4.25. The van der Waals surface area contributed by atoms with Crippen molar-refractivity contribution in [2.75, 3.05) is 13.2 Å². The normalized spacial score (nSPS) is 16.9. The number of nitrogens with zero attached hydrogens (tertiary/aromatic N) is 3. The Morgan fingerprint density at radius 1 is 1.13 bits per heavy atom. The van der Waals surface area contributed by atoms with Gasteiger partial charge in [0.2, 0.25) is 5.75 Å². The Bertz CT molecular complexity index is 1350. The summed E-state index contributed by atoms with van der Waals surface area (Å²) >= 11 is 0. The Kier molecular flexibility index (Phi) is 8.37. The van der Waals surface area contributed by atoms with Crippen LogP contribution in [0.1, 0.15) is 46.8 Å². The molecule has 1 aliphatic heterocycles. The minimum Gasteiger partial charge on any atom is -0.501 e. The standard InChI is InChI=1S/C27H29FN4O6/c1-3-37-20-13-21(32(15-20)27(36)38-16-18-7-5-4-6-8-18)24-30-22(23(33)26(35)31(24)2)25(34)29-14-17-9-11-19(28)12-10-17/h4-12,20-21,33H,3,13-16H2,1-2H3,(H,29,34)/t20-,21+/m1/s1. The smallest absolute Gasteiger partial charge is 0.410 e. The van der Waals surface area contributed by atoms with Crippen LogP contribution in [0.2, 0.25) is 0 Å². The van der Waals surface area contributed by atoms with Crippen molar-refractivity contribution in [2.24, 2.45) is 7.05 Å². The van der Waals surface area contributed by atoms with Gasteiger partial charge in [-0.05, 0) is 30.2 Å². The molecule has 1 aromatic heterocycles. The van der Waals surface area contributed by atoms with E-state index in [4.69, 9.17) is 9.47 Å². The summed E-state index contributed by atoms with van der Waals surface area (Å²) in [5.41, 5.74) is 0.126. The molecule has 200 valence electrons. The number of hydrogen-bond donors (Lipinski definition) is 2. The second kappa shape index (κ2) is 11.9. The van der Waals surface area contributed by atoms with E-state index in [1.165, 1.54) is 36.2 Å². The Balaban J connectivity index is 1.59. The lowest BCUT2D eigenvalue weighted by Gasteiger charge is -2.25. The van der Waals surface area contributed by atoms with Crippen molar-refractivity contribution >= 4 is 12.0 Å². The Labute approximate surface area is 218 Å². The summed E-state index contributed by atoms with van der Waals surface area (Å²) in [5.74, 6) is -1.91. The first-order chi connectivity index (χ1) is 18.3. The highest BCUT2D eigenvalue weighted by molar-refractivity contribution is 5.94. The van der Waals surface area contributed by atoms with Crippen LogP contribution in [0.25, 0.3) is 0 Å². The van der Waals surface area contributed by atoms with E-state index >= 15 is 0 Å². The maximum atomic E-state index is 13.2. The van der Waals surface area contributed by atoms with Crippen molar-refractivity contribution in [2.45, 2.75) is 38.6 Å². The lowest BCUT2D eigenvalue weighted by molar-refractivity contribution is 0.0609. The van der Waals surface area contributed by atoms with Crippen LogP contribution < -0.4 is 10.9 Å². The molecular weight excluding hydrogens is 495 g/mol. The molecule has 0 bridgehead atoms. The van der Waals surface area contributed by atoms with Gasteiger partial charge in [0.15, 0.2) is 5.69 Å². The summed E-state index contributed by atoms with van der Waals surface area (Å²) in [5, 5.41) is 13.0. The summed E-state index contributed by atoms with van der Waals surface area (Å²) in [6.07, 6.45) is -0.642. The van der Waals surface area contributed by atoms with Crippen LogP contribution in [0, 0.1) is 5.82 Å². The number of likely N-dealkylation sites (tertiary alicyclic amines) is 1. The number of halogens is 1. The van der Waals surface area contributed by atoms with Crippen molar-refractivity contribution in [1.82, 2.24) is 19.8 Å². The first-order valence-corrected chi connectivity index (χ1v) is 12.2. The fourth-order valence-corrected chi connectivity index (χ4v) is 4.33. The number of nitrogens with one attached hydrogen (secondary N) is 1. The highest BCUT2D eigenvalue weighted by Crippen LogP contribution is 2.33. The predicted molar refractivity (Wildman–Crippen MR) is 135 cm³/mol. The number of amides is 2. The summed E-state index contributed by atoms with van der Waals surface area (Å²) in [4.78, 5) is 44.6. The number of aromatic hydroxyl groups is 1. The second-order valence-electron chi connectivity index (χ2n) is 8.86. The summed E-state index contributed by atoms with van der Waals surface area (Å²) < 4.78 is 25.5. The third kappa shape index (κ3) is 6.00. The Morgan fingerprint density at radius 2 is 1.84 bits per heavy atom. The molecule has 1 fully saturated rings. The van der Waals surface area contributed by atoms with E-state index in [0.717, 1.165) is 10.1 Å². The van der Waals surface area contributed by atoms with Crippen LogP contribution in [0.15, 0.2) is 59.4 Å². The molecule has 11 heteroatoms. The largest absolute Gasteiger partial charge is 0.501 e. The van der Waals surface area contributed by atoms with E-state index < -0.39 is 40.9 Å². The van der Waals surface area contributed by atoms with Crippen LogP contribution in [0.5, 0.6) is 5.75 Å². The zero-order valence-corrected chi connectivity index (χ0v) is 21.1. The third-order valence-corrected chi connectivity index (χ3v) is 6.29. The van der Waals surface area contributed by atoms with Crippen molar-refractivity contribution in [1.29, 1.82) is 0 Å². The van der Waals surface area contributed by atoms with Gasteiger partial charge in [-0.25, -0.2) is 14.2 Å². The minimum atomic E-state index is -0.834. The fourth-order valence-electron chi connectivity index (χ4n) is 4.33. The van der Waals surface area contributed by atoms with Crippen LogP contribution in [0.3, 0.4) is 0 Å². The van der Waals surface area contributed by atoms with Gasteiger partial charge >= 0.3 is 6.09 Å². The van der Waals surface area contributed by atoms with Crippen LogP contribution >= 0.6 is 0 Å². The zero-order chi connectivity index (χ0) is 27.2. The van der Waals surface area contributed by atoms with E-state index in [1.807, 2.05) is 37.3 Å². The quantitative estimate of drug-likeness (QED) is 0.464. The molecular formula is C27H29FN4O6. The van der Waals surface area contributed by atoms with Crippen molar-refractivity contribution in [3.63, 3.8) is 0 Å². The summed E-state index contributed by atoms with van der Waals surface area (Å²) in [7, 11) is 1.41. The third-order valence-electron chi connectivity index (χ3n) is 6.29. The highest BCUT2D eigenvalue weighted by atomic mass is 19.1. The monoisotopic (exact) mass is 524 g/mol. The van der Waals surface area contributed by atoms with Gasteiger partial charge in [0.1, 0.15) is 18.2 Å². The zero-order valence-electron chi connectivity index (χ0n) is 21.1. The van der Waals surface area contributed by atoms with E-state index in [-0.39, 0.29) is 31.6 Å². The SMILES string of the molecule is CCO[C@@H]1C[C@@H](c2nc(C(=O)NCc3ccc(F)cc3)c(O)c(=O)n2C)N(C(=O)OCc2ccccc2)C1. The molecule has 3 aromatic rings. The molecule has 0 saturated carbocycles. The molecule has 2 aromatic carbocycles. The van der Waals surface area contributed by atoms with Gasteiger partial charge in [0.25, 0.3) is 11.5 Å². The molecule has 38 heavy (non-hydrogen) atoms. The molecule has 1 saturated heterocycles. The van der Waals surface area contributed by atoms with Crippen LogP contribution in [-0.2, 0) is 29.7 Å². The molecule has 0 aliphatic carbocycles. The number of ether oxygens (including phenoxy) is 2. The topological polar surface area (TPSA) is 123 Å². The van der Waals surface area contributed by atoms with E-state index in [1.54, 1.807) is 0 Å². The Morgan fingerprint density at radius 3 is 2.53 bits per heavy atom. The number of benzene rings is 2. The van der Waals surface area contributed by atoms with Gasteiger partial charge in [-0.1, -0.05) is 42.5 Å². The summed E-state index contributed by atoms with van der Waals surface area (Å²) in [6.45, 7) is 2.54. The van der Waals surface area contributed by atoms with E-state index in [9.17, 15) is 23.9 Å². The lowest BCUT2D eigenvalue weighted by Crippen LogP contribution is -2.37. The van der Waals surface area contributed by atoms with Gasteiger partial charge in [-0.2, -0.15) is 0 Å². The van der Waals surface area contributed by atoms with Gasteiger partial charge in [-0.3, -0.25) is 19.1 Å². The van der Waals surface area contributed by atoms with Gasteiger partial charge < -0.3 is 19.9 Å². The molecule has 2 atom stereocenters. The van der Waals surface area contributed by atoms with Crippen molar-refractivity contribution in [3.8, 4) is 5.75 Å². The minimum absolute atomic E-state index is 0.0263. The predicted octanol–water partition coefficient (Wildman–Crippen LogP) is 3.04. The van der Waals surface area contributed by atoms with Gasteiger partial charge in [0, 0.05) is 26.6 Å².